The van der Waals surface area contributed by atoms with Crippen molar-refractivity contribution in [2.45, 2.75) is 38.6 Å². The van der Waals surface area contributed by atoms with Gasteiger partial charge in [0.25, 0.3) is 0 Å². The van der Waals surface area contributed by atoms with Gasteiger partial charge in [0.2, 0.25) is 0 Å². The minimum Gasteiger partial charge on any atom is -0.323 e. The van der Waals surface area contributed by atoms with Crippen LogP contribution in [0.25, 0.3) is 0 Å². The Kier molecular flexibility index (Phi) is 2.59. The molecule has 78 valence electrons. The highest BCUT2D eigenvalue weighted by Gasteiger charge is 2.22. The Morgan fingerprint density at radius 2 is 2.36 bits per heavy atom. The first-order chi connectivity index (χ1) is 6.66. The molecule has 0 amide bonds. The molecule has 1 aromatic rings. The van der Waals surface area contributed by atoms with Gasteiger partial charge in [-0.1, -0.05) is 19.3 Å². The average molecular weight is 193 g/mol. The van der Waals surface area contributed by atoms with Gasteiger partial charge in [-0.05, 0) is 25.3 Å². The predicted molar refractivity (Wildman–Crippen MR) is 56.8 cm³/mol. The second kappa shape index (κ2) is 3.73. The summed E-state index contributed by atoms with van der Waals surface area (Å²) in [6.45, 7) is 2.01. The van der Waals surface area contributed by atoms with Gasteiger partial charge in [0.05, 0.1) is 11.4 Å². The van der Waals surface area contributed by atoms with E-state index in [0.29, 0.717) is 0 Å². The van der Waals surface area contributed by atoms with E-state index in [-0.39, 0.29) is 6.04 Å². The van der Waals surface area contributed by atoms with Crippen LogP contribution in [0.15, 0.2) is 6.07 Å². The second-order valence-electron chi connectivity index (χ2n) is 4.47. The van der Waals surface area contributed by atoms with Crippen molar-refractivity contribution < 1.29 is 0 Å². The third-order valence-electron chi connectivity index (χ3n) is 3.23. The highest BCUT2D eigenvalue weighted by atomic mass is 15.3. The first-order valence-electron chi connectivity index (χ1n) is 5.43. The number of rotatable bonds is 3. The molecule has 0 radical (unpaired) electrons. The number of nitrogens with two attached hydrogens (primary N) is 1. The maximum atomic E-state index is 6.16. The molecule has 1 aliphatic carbocycles. The van der Waals surface area contributed by atoms with Gasteiger partial charge in [0, 0.05) is 13.1 Å². The Hall–Kier alpha value is -0.830. The van der Waals surface area contributed by atoms with Crippen molar-refractivity contribution in [2.75, 3.05) is 0 Å². The van der Waals surface area contributed by atoms with Gasteiger partial charge in [-0.3, -0.25) is 4.68 Å². The molecule has 1 heterocycles. The van der Waals surface area contributed by atoms with E-state index in [2.05, 4.69) is 11.2 Å². The van der Waals surface area contributed by atoms with Crippen LogP contribution in [0.3, 0.4) is 0 Å². The van der Waals surface area contributed by atoms with Crippen molar-refractivity contribution in [3.63, 3.8) is 0 Å². The summed E-state index contributed by atoms with van der Waals surface area (Å²) in [6, 6.07) is 2.27. The summed E-state index contributed by atoms with van der Waals surface area (Å²) >= 11 is 0. The topological polar surface area (TPSA) is 43.8 Å². The van der Waals surface area contributed by atoms with E-state index < -0.39 is 0 Å². The van der Waals surface area contributed by atoms with E-state index in [9.17, 15) is 0 Å². The zero-order valence-corrected chi connectivity index (χ0v) is 9.03. The number of nitrogens with zero attached hydrogens (tertiary/aromatic N) is 2. The lowest BCUT2D eigenvalue weighted by Gasteiger charge is -2.27. The molecule has 1 aliphatic rings. The van der Waals surface area contributed by atoms with Crippen LogP contribution in [0, 0.1) is 12.8 Å². The molecule has 14 heavy (non-hydrogen) atoms. The average Bonchev–Trinajstić information content (AvgIpc) is 2.37. The number of hydrogen-bond acceptors (Lipinski definition) is 2. The highest BCUT2D eigenvalue weighted by Crippen LogP contribution is 2.33. The highest BCUT2D eigenvalue weighted by molar-refractivity contribution is 5.12. The molecular weight excluding hydrogens is 174 g/mol. The number of aryl methyl sites for hydroxylation is 2. The van der Waals surface area contributed by atoms with Crippen molar-refractivity contribution in [3.05, 3.63) is 17.5 Å². The lowest BCUT2D eigenvalue weighted by atomic mass is 9.80. The van der Waals surface area contributed by atoms with Crippen molar-refractivity contribution in [1.82, 2.24) is 9.78 Å². The Balaban J connectivity index is 2.02. The first-order valence-corrected chi connectivity index (χ1v) is 5.43. The van der Waals surface area contributed by atoms with Gasteiger partial charge in [-0.2, -0.15) is 5.10 Å². The summed E-state index contributed by atoms with van der Waals surface area (Å²) in [5, 5.41) is 4.32. The quantitative estimate of drug-likeness (QED) is 0.797. The molecule has 1 saturated carbocycles. The standard InChI is InChI=1S/C11H19N3/c1-8-6-11(14(2)13-8)10(12)7-9-4-3-5-9/h6,9-10H,3-5,7,12H2,1-2H3. The minimum absolute atomic E-state index is 0.173. The summed E-state index contributed by atoms with van der Waals surface area (Å²) in [5.41, 5.74) is 8.40. The Labute approximate surface area is 85.3 Å². The molecule has 0 bridgehead atoms. The molecule has 1 atom stereocenters. The molecule has 1 fully saturated rings. The largest absolute Gasteiger partial charge is 0.323 e. The lowest BCUT2D eigenvalue weighted by molar-refractivity contribution is 0.274. The number of aromatic nitrogens is 2. The SMILES string of the molecule is Cc1cc(C(N)CC2CCC2)n(C)n1. The molecule has 1 unspecified atom stereocenters. The Morgan fingerprint density at radius 1 is 1.64 bits per heavy atom. The van der Waals surface area contributed by atoms with Crippen molar-refractivity contribution in [1.29, 1.82) is 0 Å². The van der Waals surface area contributed by atoms with E-state index in [4.69, 9.17) is 5.73 Å². The normalized spacial score (nSPS) is 19.4. The monoisotopic (exact) mass is 193 g/mol. The molecule has 2 N–H and O–H groups in total. The van der Waals surface area contributed by atoms with Crippen molar-refractivity contribution in [3.8, 4) is 0 Å². The molecular formula is C11H19N3. The van der Waals surface area contributed by atoms with Gasteiger partial charge in [-0.15, -0.1) is 0 Å². The van der Waals surface area contributed by atoms with Crippen LogP contribution in [-0.2, 0) is 7.05 Å². The molecule has 0 saturated heterocycles. The number of hydrogen-bond donors (Lipinski definition) is 1. The maximum absolute atomic E-state index is 6.16. The van der Waals surface area contributed by atoms with Crippen LogP contribution in [0.4, 0.5) is 0 Å². The van der Waals surface area contributed by atoms with E-state index in [1.54, 1.807) is 0 Å². The van der Waals surface area contributed by atoms with Crippen LogP contribution in [-0.4, -0.2) is 9.78 Å². The van der Waals surface area contributed by atoms with Crippen molar-refractivity contribution in [2.24, 2.45) is 18.7 Å². The van der Waals surface area contributed by atoms with Crippen LogP contribution in [0.2, 0.25) is 0 Å². The molecule has 3 nitrogen and oxygen atoms in total. The summed E-state index contributed by atoms with van der Waals surface area (Å²) < 4.78 is 1.92. The third kappa shape index (κ3) is 1.82. The van der Waals surface area contributed by atoms with Crippen LogP contribution >= 0.6 is 0 Å². The Bertz CT molecular complexity index is 312. The van der Waals surface area contributed by atoms with Crippen LogP contribution in [0.5, 0.6) is 0 Å². The lowest BCUT2D eigenvalue weighted by Crippen LogP contribution is -2.21. The fourth-order valence-corrected chi connectivity index (χ4v) is 2.19. The van der Waals surface area contributed by atoms with Gasteiger partial charge in [-0.25, -0.2) is 0 Å². The smallest absolute Gasteiger partial charge is 0.0597 e. The zero-order valence-electron chi connectivity index (χ0n) is 9.03. The molecule has 1 aromatic heterocycles. The third-order valence-corrected chi connectivity index (χ3v) is 3.23. The van der Waals surface area contributed by atoms with Gasteiger partial charge < -0.3 is 5.73 Å². The molecule has 0 aliphatic heterocycles. The summed E-state index contributed by atoms with van der Waals surface area (Å²) in [6.07, 6.45) is 5.25. The van der Waals surface area contributed by atoms with E-state index in [1.807, 2.05) is 18.7 Å². The van der Waals surface area contributed by atoms with Gasteiger partial charge in [0.15, 0.2) is 0 Å². The van der Waals surface area contributed by atoms with Crippen LogP contribution in [0.1, 0.15) is 43.1 Å². The van der Waals surface area contributed by atoms with E-state index in [0.717, 1.165) is 18.0 Å². The summed E-state index contributed by atoms with van der Waals surface area (Å²) in [5.74, 6) is 0.861. The van der Waals surface area contributed by atoms with E-state index in [1.165, 1.54) is 25.0 Å². The van der Waals surface area contributed by atoms with Gasteiger partial charge in [0.1, 0.15) is 0 Å². The maximum Gasteiger partial charge on any atom is 0.0597 e. The first kappa shape index (κ1) is 9.71. The predicted octanol–water partition coefficient (Wildman–Crippen LogP) is 1.92. The summed E-state index contributed by atoms with van der Waals surface area (Å²) in [7, 11) is 1.98. The van der Waals surface area contributed by atoms with E-state index >= 15 is 0 Å². The molecule has 0 aromatic carbocycles. The fourth-order valence-electron chi connectivity index (χ4n) is 2.19. The minimum atomic E-state index is 0.173. The molecule has 2 rings (SSSR count). The molecule has 3 heteroatoms. The second-order valence-corrected chi connectivity index (χ2v) is 4.47. The fraction of sp³-hybridized carbons (Fsp3) is 0.727. The summed E-state index contributed by atoms with van der Waals surface area (Å²) in [4.78, 5) is 0. The van der Waals surface area contributed by atoms with Crippen molar-refractivity contribution >= 4 is 0 Å². The van der Waals surface area contributed by atoms with Crippen LogP contribution < -0.4 is 5.73 Å². The zero-order chi connectivity index (χ0) is 10.1. The molecule has 0 spiro atoms. The Morgan fingerprint density at radius 3 is 2.79 bits per heavy atom. The van der Waals surface area contributed by atoms with Gasteiger partial charge >= 0.3 is 0 Å².